The third-order valence-corrected chi connectivity index (χ3v) is 1.90. The van der Waals surface area contributed by atoms with Gasteiger partial charge in [0, 0.05) is 26.1 Å². The molecule has 1 saturated heterocycles. The number of ether oxygens (including phenoxy) is 1. The fraction of sp³-hybridized carbons (Fsp3) is 0.875. The Morgan fingerprint density at radius 1 is 1.75 bits per heavy atom. The summed E-state index contributed by atoms with van der Waals surface area (Å²) in [4.78, 5) is 10.4. The van der Waals surface area contributed by atoms with Gasteiger partial charge in [-0.05, 0) is 13.0 Å². The molecule has 4 nitrogen and oxygen atoms in total. The second kappa shape index (κ2) is 5.11. The van der Waals surface area contributed by atoms with Crippen molar-refractivity contribution in [3.63, 3.8) is 0 Å². The lowest BCUT2D eigenvalue weighted by molar-refractivity contribution is -0.140. The van der Waals surface area contributed by atoms with E-state index in [1.54, 1.807) is 0 Å². The van der Waals surface area contributed by atoms with Crippen LogP contribution in [0, 0.1) is 0 Å². The van der Waals surface area contributed by atoms with Crippen LogP contribution in [0.15, 0.2) is 0 Å². The molecule has 0 saturated carbocycles. The monoisotopic (exact) mass is 172 g/mol. The summed E-state index contributed by atoms with van der Waals surface area (Å²) in [6.45, 7) is 4.78. The first-order valence-electron chi connectivity index (χ1n) is 4.36. The number of esters is 1. The molecule has 0 aromatic heterocycles. The molecule has 0 radical (unpaired) electrons. The lowest BCUT2D eigenvalue weighted by atomic mass is 10.3. The molecule has 0 aliphatic carbocycles. The van der Waals surface area contributed by atoms with Gasteiger partial charge in [-0.1, -0.05) is 0 Å². The summed E-state index contributed by atoms with van der Waals surface area (Å²) in [5, 5.41) is 6.55. The molecule has 1 rings (SSSR count). The zero-order valence-electron chi connectivity index (χ0n) is 7.43. The van der Waals surface area contributed by atoms with Crippen LogP contribution in [0.1, 0.15) is 13.3 Å². The van der Waals surface area contributed by atoms with Crippen molar-refractivity contribution in [2.45, 2.75) is 19.4 Å². The molecular weight excluding hydrogens is 156 g/mol. The Bertz CT molecular complexity index is 144. The Morgan fingerprint density at radius 2 is 2.58 bits per heavy atom. The quantitative estimate of drug-likeness (QED) is 0.443. The van der Waals surface area contributed by atoms with Crippen molar-refractivity contribution in [3.8, 4) is 0 Å². The molecule has 0 spiro atoms. The largest absolute Gasteiger partial charge is 0.465 e. The van der Waals surface area contributed by atoms with Gasteiger partial charge in [-0.25, -0.2) is 0 Å². The number of nitrogens with one attached hydrogen (secondary N) is 2. The Kier molecular flexibility index (Phi) is 4.04. The molecule has 0 bridgehead atoms. The summed E-state index contributed by atoms with van der Waals surface area (Å²) in [7, 11) is 0. The molecule has 70 valence electrons. The van der Waals surface area contributed by atoms with E-state index in [1.807, 2.05) is 0 Å². The van der Waals surface area contributed by atoms with Gasteiger partial charge >= 0.3 is 5.97 Å². The van der Waals surface area contributed by atoms with E-state index in [0.29, 0.717) is 12.6 Å². The highest BCUT2D eigenvalue weighted by molar-refractivity contribution is 5.65. The summed E-state index contributed by atoms with van der Waals surface area (Å²) in [5.41, 5.74) is 0. The van der Waals surface area contributed by atoms with Crippen LogP contribution in [0.25, 0.3) is 0 Å². The van der Waals surface area contributed by atoms with Crippen molar-refractivity contribution in [1.29, 1.82) is 0 Å². The lowest BCUT2D eigenvalue weighted by Crippen LogP contribution is -2.33. The van der Waals surface area contributed by atoms with Gasteiger partial charge in [0.25, 0.3) is 0 Å². The standard InChI is InChI=1S/C8H16N2O2/c1-7(11)12-5-4-10-8-2-3-9-6-8/h8-10H,2-6H2,1H3/t8-/m0/s1. The summed E-state index contributed by atoms with van der Waals surface area (Å²) in [5.74, 6) is -0.207. The number of hydrogen-bond donors (Lipinski definition) is 2. The highest BCUT2D eigenvalue weighted by Crippen LogP contribution is 1.95. The van der Waals surface area contributed by atoms with Gasteiger partial charge in [0.15, 0.2) is 0 Å². The maximum Gasteiger partial charge on any atom is 0.302 e. The summed E-state index contributed by atoms with van der Waals surface area (Å²) in [6.07, 6.45) is 1.17. The molecule has 0 amide bonds. The molecular formula is C8H16N2O2. The summed E-state index contributed by atoms with van der Waals surface area (Å²) in [6, 6.07) is 0.556. The minimum atomic E-state index is -0.207. The van der Waals surface area contributed by atoms with E-state index in [9.17, 15) is 4.79 Å². The van der Waals surface area contributed by atoms with E-state index in [-0.39, 0.29) is 5.97 Å². The van der Waals surface area contributed by atoms with Gasteiger partial charge in [0.1, 0.15) is 6.61 Å². The van der Waals surface area contributed by atoms with Gasteiger partial charge in [0.2, 0.25) is 0 Å². The maximum absolute atomic E-state index is 10.4. The lowest BCUT2D eigenvalue weighted by Gasteiger charge is -2.10. The molecule has 0 aromatic rings. The van der Waals surface area contributed by atoms with Gasteiger partial charge in [-0.15, -0.1) is 0 Å². The fourth-order valence-corrected chi connectivity index (χ4v) is 1.29. The van der Waals surface area contributed by atoms with Crippen LogP contribution in [0.2, 0.25) is 0 Å². The number of rotatable bonds is 4. The van der Waals surface area contributed by atoms with E-state index >= 15 is 0 Å². The maximum atomic E-state index is 10.4. The minimum Gasteiger partial charge on any atom is -0.465 e. The highest BCUT2D eigenvalue weighted by Gasteiger charge is 2.12. The number of hydrogen-bond acceptors (Lipinski definition) is 4. The van der Waals surface area contributed by atoms with Crippen molar-refractivity contribution >= 4 is 5.97 Å². The van der Waals surface area contributed by atoms with E-state index in [2.05, 4.69) is 10.6 Å². The molecule has 4 heteroatoms. The van der Waals surface area contributed by atoms with Crippen LogP contribution in [-0.2, 0) is 9.53 Å². The normalized spacial score (nSPS) is 22.6. The first kappa shape index (κ1) is 9.48. The van der Waals surface area contributed by atoms with Crippen LogP contribution in [0.3, 0.4) is 0 Å². The van der Waals surface area contributed by atoms with Crippen molar-refractivity contribution < 1.29 is 9.53 Å². The van der Waals surface area contributed by atoms with Crippen LogP contribution in [0.5, 0.6) is 0 Å². The first-order valence-corrected chi connectivity index (χ1v) is 4.36. The van der Waals surface area contributed by atoms with E-state index < -0.39 is 0 Å². The SMILES string of the molecule is CC(=O)OCCN[C@H]1CCNC1. The Labute approximate surface area is 72.7 Å². The molecule has 1 fully saturated rings. The Hall–Kier alpha value is -0.610. The number of carbonyl (C=O) groups is 1. The summed E-state index contributed by atoms with van der Waals surface area (Å²) < 4.78 is 4.78. The molecule has 12 heavy (non-hydrogen) atoms. The molecule has 2 N–H and O–H groups in total. The van der Waals surface area contributed by atoms with Gasteiger partial charge < -0.3 is 15.4 Å². The molecule has 1 aliphatic rings. The topological polar surface area (TPSA) is 50.4 Å². The third-order valence-electron chi connectivity index (χ3n) is 1.90. The molecule has 1 aliphatic heterocycles. The van der Waals surface area contributed by atoms with Crippen molar-refractivity contribution in [3.05, 3.63) is 0 Å². The smallest absolute Gasteiger partial charge is 0.302 e. The van der Waals surface area contributed by atoms with Crippen molar-refractivity contribution in [2.75, 3.05) is 26.2 Å². The van der Waals surface area contributed by atoms with Gasteiger partial charge in [-0.2, -0.15) is 0 Å². The van der Waals surface area contributed by atoms with E-state index in [0.717, 1.165) is 19.6 Å². The zero-order chi connectivity index (χ0) is 8.81. The molecule has 0 unspecified atom stereocenters. The van der Waals surface area contributed by atoms with Gasteiger partial charge in [-0.3, -0.25) is 4.79 Å². The van der Waals surface area contributed by atoms with Crippen molar-refractivity contribution in [1.82, 2.24) is 10.6 Å². The molecule has 1 atom stereocenters. The predicted molar refractivity (Wildman–Crippen MR) is 45.9 cm³/mol. The van der Waals surface area contributed by atoms with Crippen LogP contribution in [-0.4, -0.2) is 38.3 Å². The first-order chi connectivity index (χ1) is 5.79. The van der Waals surface area contributed by atoms with Crippen LogP contribution >= 0.6 is 0 Å². The number of carbonyl (C=O) groups excluding carboxylic acids is 1. The average Bonchev–Trinajstić information content (AvgIpc) is 2.49. The van der Waals surface area contributed by atoms with Gasteiger partial charge in [0.05, 0.1) is 0 Å². The third kappa shape index (κ3) is 3.69. The fourth-order valence-electron chi connectivity index (χ4n) is 1.29. The summed E-state index contributed by atoms with van der Waals surface area (Å²) >= 11 is 0. The van der Waals surface area contributed by atoms with E-state index in [1.165, 1.54) is 13.3 Å². The molecule has 1 heterocycles. The second-order valence-electron chi connectivity index (χ2n) is 2.98. The van der Waals surface area contributed by atoms with Crippen molar-refractivity contribution in [2.24, 2.45) is 0 Å². The minimum absolute atomic E-state index is 0.207. The Morgan fingerprint density at radius 3 is 3.17 bits per heavy atom. The van der Waals surface area contributed by atoms with Crippen LogP contribution < -0.4 is 10.6 Å². The predicted octanol–water partition coefficient (Wildman–Crippen LogP) is -0.499. The Balaban J connectivity index is 1.91. The highest BCUT2D eigenvalue weighted by atomic mass is 16.5. The average molecular weight is 172 g/mol. The zero-order valence-corrected chi connectivity index (χ0v) is 7.43. The molecule has 0 aromatic carbocycles. The van der Waals surface area contributed by atoms with Crippen LogP contribution in [0.4, 0.5) is 0 Å². The van der Waals surface area contributed by atoms with E-state index in [4.69, 9.17) is 4.74 Å². The second-order valence-corrected chi connectivity index (χ2v) is 2.98.